The number of benzene rings is 1. The monoisotopic (exact) mass is 261 g/mol. The topological polar surface area (TPSA) is 46.2 Å². The van der Waals surface area contributed by atoms with Gasteiger partial charge in [-0.3, -0.25) is 0 Å². The second-order valence-electron chi connectivity index (χ2n) is 6.14. The first kappa shape index (κ1) is 14.5. The summed E-state index contributed by atoms with van der Waals surface area (Å²) >= 11 is 0. The van der Waals surface area contributed by atoms with E-state index in [2.05, 4.69) is 38.1 Å². The van der Waals surface area contributed by atoms with Crippen LogP contribution in [0.15, 0.2) is 24.3 Å². The summed E-state index contributed by atoms with van der Waals surface area (Å²) < 4.78 is 0. The third-order valence-electron chi connectivity index (χ3n) is 4.88. The van der Waals surface area contributed by atoms with Gasteiger partial charge in [-0.1, -0.05) is 51.0 Å². The molecule has 1 aromatic carbocycles. The Kier molecular flexibility index (Phi) is 4.32. The Morgan fingerprint density at radius 1 is 1.11 bits per heavy atom. The van der Waals surface area contributed by atoms with Crippen LogP contribution in [0.3, 0.4) is 0 Å². The normalized spacial score (nSPS) is 17.5. The summed E-state index contributed by atoms with van der Waals surface area (Å²) in [6, 6.07) is 8.55. The third kappa shape index (κ3) is 2.44. The molecule has 19 heavy (non-hydrogen) atoms. The predicted molar refractivity (Wildman–Crippen MR) is 80.1 cm³/mol. The van der Waals surface area contributed by atoms with Crippen molar-refractivity contribution in [3.05, 3.63) is 35.4 Å². The lowest BCUT2D eigenvalue weighted by molar-refractivity contribution is -0.0900. The van der Waals surface area contributed by atoms with Gasteiger partial charge in [0.25, 0.3) is 0 Å². The molecule has 0 unspecified atom stereocenters. The molecular formula is C17H27NO. The van der Waals surface area contributed by atoms with Crippen molar-refractivity contribution in [3.8, 4) is 0 Å². The zero-order valence-corrected chi connectivity index (χ0v) is 12.3. The SMILES string of the molecule is CCCC(O)(CCC)C1(CN)Cc2ccccc2C1. The Hall–Kier alpha value is -0.860. The lowest BCUT2D eigenvalue weighted by atomic mass is 9.65. The zero-order chi connectivity index (χ0) is 13.9. The number of fused-ring (bicyclic) bond motifs is 1. The van der Waals surface area contributed by atoms with Gasteiger partial charge in [-0.15, -0.1) is 0 Å². The first-order valence-electron chi connectivity index (χ1n) is 7.60. The van der Waals surface area contributed by atoms with Crippen molar-refractivity contribution in [3.63, 3.8) is 0 Å². The standard InChI is InChI=1S/C17H27NO/c1-3-9-17(19,10-4-2)16(13-18)11-14-7-5-6-8-15(14)12-16/h5-8,19H,3-4,9-13,18H2,1-2H3. The second-order valence-corrected chi connectivity index (χ2v) is 6.14. The molecule has 106 valence electrons. The molecule has 0 bridgehead atoms. The van der Waals surface area contributed by atoms with Crippen LogP contribution in [0.1, 0.15) is 50.7 Å². The number of hydrogen-bond donors (Lipinski definition) is 2. The largest absolute Gasteiger partial charge is 0.389 e. The van der Waals surface area contributed by atoms with Gasteiger partial charge in [0.05, 0.1) is 5.60 Å². The highest BCUT2D eigenvalue weighted by Crippen LogP contribution is 2.48. The molecule has 2 rings (SSSR count). The quantitative estimate of drug-likeness (QED) is 0.826. The fourth-order valence-corrected chi connectivity index (χ4v) is 3.84. The van der Waals surface area contributed by atoms with E-state index in [1.807, 2.05) is 0 Å². The van der Waals surface area contributed by atoms with Gasteiger partial charge in [-0.25, -0.2) is 0 Å². The van der Waals surface area contributed by atoms with Crippen LogP contribution in [0.25, 0.3) is 0 Å². The van der Waals surface area contributed by atoms with Crippen molar-refractivity contribution < 1.29 is 5.11 Å². The first-order chi connectivity index (χ1) is 9.11. The van der Waals surface area contributed by atoms with E-state index in [-0.39, 0.29) is 5.41 Å². The van der Waals surface area contributed by atoms with Crippen LogP contribution in [0.5, 0.6) is 0 Å². The Morgan fingerprint density at radius 3 is 1.95 bits per heavy atom. The van der Waals surface area contributed by atoms with Gasteiger partial charge in [0.2, 0.25) is 0 Å². The van der Waals surface area contributed by atoms with E-state index < -0.39 is 5.60 Å². The van der Waals surface area contributed by atoms with Crippen molar-refractivity contribution >= 4 is 0 Å². The Bertz CT molecular complexity index is 396. The Labute approximate surface area is 117 Å². The highest BCUT2D eigenvalue weighted by atomic mass is 16.3. The van der Waals surface area contributed by atoms with E-state index in [0.717, 1.165) is 38.5 Å². The van der Waals surface area contributed by atoms with Gasteiger partial charge in [0, 0.05) is 12.0 Å². The van der Waals surface area contributed by atoms with Crippen molar-refractivity contribution in [2.75, 3.05) is 6.54 Å². The van der Waals surface area contributed by atoms with Gasteiger partial charge in [0.15, 0.2) is 0 Å². The molecule has 0 radical (unpaired) electrons. The molecule has 2 heteroatoms. The van der Waals surface area contributed by atoms with Crippen molar-refractivity contribution in [2.24, 2.45) is 11.1 Å². The average Bonchev–Trinajstić information content (AvgIpc) is 2.79. The molecule has 3 N–H and O–H groups in total. The molecule has 0 fully saturated rings. The summed E-state index contributed by atoms with van der Waals surface area (Å²) in [5.41, 5.74) is 8.10. The molecule has 0 heterocycles. The number of hydrogen-bond acceptors (Lipinski definition) is 2. The van der Waals surface area contributed by atoms with E-state index >= 15 is 0 Å². The summed E-state index contributed by atoms with van der Waals surface area (Å²) in [5.74, 6) is 0. The van der Waals surface area contributed by atoms with Gasteiger partial charge < -0.3 is 10.8 Å². The van der Waals surface area contributed by atoms with Crippen LogP contribution in [-0.4, -0.2) is 17.3 Å². The van der Waals surface area contributed by atoms with Gasteiger partial charge >= 0.3 is 0 Å². The first-order valence-corrected chi connectivity index (χ1v) is 7.60. The minimum Gasteiger partial charge on any atom is -0.389 e. The van der Waals surface area contributed by atoms with Crippen LogP contribution in [-0.2, 0) is 12.8 Å². The fraction of sp³-hybridized carbons (Fsp3) is 0.647. The smallest absolute Gasteiger partial charge is 0.0722 e. The molecule has 1 aliphatic carbocycles. The van der Waals surface area contributed by atoms with Gasteiger partial charge in [0.1, 0.15) is 0 Å². The van der Waals surface area contributed by atoms with E-state index in [1.165, 1.54) is 11.1 Å². The summed E-state index contributed by atoms with van der Waals surface area (Å²) in [5, 5.41) is 11.3. The maximum Gasteiger partial charge on any atom is 0.0722 e. The molecule has 0 aliphatic heterocycles. The van der Waals surface area contributed by atoms with Crippen LogP contribution < -0.4 is 5.73 Å². The molecule has 0 saturated heterocycles. The Morgan fingerprint density at radius 2 is 1.58 bits per heavy atom. The van der Waals surface area contributed by atoms with Gasteiger partial charge in [-0.05, 0) is 36.8 Å². The predicted octanol–water partition coefficient (Wildman–Crippen LogP) is 3.06. The highest BCUT2D eigenvalue weighted by molar-refractivity contribution is 5.36. The van der Waals surface area contributed by atoms with E-state index in [0.29, 0.717) is 6.54 Å². The fourth-order valence-electron chi connectivity index (χ4n) is 3.84. The maximum atomic E-state index is 11.3. The average molecular weight is 261 g/mol. The summed E-state index contributed by atoms with van der Waals surface area (Å²) in [6.07, 6.45) is 5.58. The molecule has 1 aliphatic rings. The molecule has 0 amide bonds. The second kappa shape index (κ2) is 5.64. The molecule has 0 spiro atoms. The van der Waals surface area contributed by atoms with E-state index in [4.69, 9.17) is 5.73 Å². The molecule has 0 saturated carbocycles. The van der Waals surface area contributed by atoms with Crippen LogP contribution in [0.4, 0.5) is 0 Å². The minimum atomic E-state index is -0.621. The highest BCUT2D eigenvalue weighted by Gasteiger charge is 2.51. The molecule has 0 atom stereocenters. The third-order valence-corrected chi connectivity index (χ3v) is 4.88. The lowest BCUT2D eigenvalue weighted by Gasteiger charge is -2.45. The molecule has 1 aromatic rings. The Balaban J connectivity index is 2.34. The van der Waals surface area contributed by atoms with Gasteiger partial charge in [-0.2, -0.15) is 0 Å². The van der Waals surface area contributed by atoms with E-state index in [1.54, 1.807) is 0 Å². The maximum absolute atomic E-state index is 11.3. The lowest BCUT2D eigenvalue weighted by Crippen LogP contribution is -2.53. The van der Waals surface area contributed by atoms with Crippen LogP contribution >= 0.6 is 0 Å². The molecule has 0 aromatic heterocycles. The van der Waals surface area contributed by atoms with Crippen molar-refractivity contribution in [1.82, 2.24) is 0 Å². The number of nitrogens with two attached hydrogens (primary N) is 1. The molecular weight excluding hydrogens is 234 g/mol. The van der Waals surface area contributed by atoms with Crippen molar-refractivity contribution in [2.45, 2.75) is 58.0 Å². The summed E-state index contributed by atoms with van der Waals surface area (Å²) in [6.45, 7) is 4.86. The number of rotatable bonds is 6. The summed E-state index contributed by atoms with van der Waals surface area (Å²) in [4.78, 5) is 0. The zero-order valence-electron chi connectivity index (χ0n) is 12.3. The van der Waals surface area contributed by atoms with Crippen LogP contribution in [0, 0.1) is 5.41 Å². The van der Waals surface area contributed by atoms with E-state index in [9.17, 15) is 5.11 Å². The summed E-state index contributed by atoms with van der Waals surface area (Å²) in [7, 11) is 0. The van der Waals surface area contributed by atoms with Crippen LogP contribution in [0.2, 0.25) is 0 Å². The molecule has 2 nitrogen and oxygen atoms in total. The minimum absolute atomic E-state index is 0.164. The van der Waals surface area contributed by atoms with Crippen molar-refractivity contribution in [1.29, 1.82) is 0 Å². The number of aliphatic hydroxyl groups is 1.